The fourth-order valence-corrected chi connectivity index (χ4v) is 3.26. The highest BCUT2D eigenvalue weighted by Gasteiger charge is 2.12. The number of hydrogen-bond donors (Lipinski definition) is 1. The zero-order valence-corrected chi connectivity index (χ0v) is 16.1. The number of halogens is 1. The molecule has 0 aliphatic rings. The van der Waals surface area contributed by atoms with Crippen LogP contribution in [0.4, 0.5) is 4.39 Å². The maximum atomic E-state index is 13.2. The molecule has 7 heteroatoms. The molecule has 2 aromatic heterocycles. The number of nitrogens with zero attached hydrogens (tertiary/aromatic N) is 2. The monoisotopic (exact) mass is 393 g/mol. The molecule has 0 saturated carbocycles. The Morgan fingerprint density at radius 3 is 2.59 bits per heavy atom. The van der Waals surface area contributed by atoms with Gasteiger partial charge in [-0.1, -0.05) is 18.2 Å². The molecule has 0 aliphatic heterocycles. The molecule has 4 aromatic rings. The summed E-state index contributed by atoms with van der Waals surface area (Å²) in [5.74, 6) is 0.976. The minimum Gasteiger partial charge on any atom is -0.493 e. The second kappa shape index (κ2) is 7.79. The van der Waals surface area contributed by atoms with Crippen molar-refractivity contribution in [2.45, 2.75) is 13.5 Å². The smallest absolute Gasteiger partial charge is 0.327 e. The van der Waals surface area contributed by atoms with Crippen molar-refractivity contribution in [1.29, 1.82) is 0 Å². The van der Waals surface area contributed by atoms with Gasteiger partial charge in [0.1, 0.15) is 5.82 Å². The molecule has 148 valence electrons. The second-order valence-corrected chi connectivity index (χ2v) is 6.54. The quantitative estimate of drug-likeness (QED) is 0.538. The van der Waals surface area contributed by atoms with E-state index >= 15 is 0 Å². The van der Waals surface area contributed by atoms with Crippen LogP contribution in [0.15, 0.2) is 59.5 Å². The third kappa shape index (κ3) is 3.71. The number of ether oxygens (including phenoxy) is 2. The molecule has 0 saturated heterocycles. The summed E-state index contributed by atoms with van der Waals surface area (Å²) in [6.07, 6.45) is 1.68. The van der Waals surface area contributed by atoms with Gasteiger partial charge in [0.2, 0.25) is 0 Å². The van der Waals surface area contributed by atoms with E-state index in [0.29, 0.717) is 35.8 Å². The van der Waals surface area contributed by atoms with Crippen LogP contribution in [-0.2, 0) is 6.54 Å². The molecule has 0 radical (unpaired) electrons. The van der Waals surface area contributed by atoms with E-state index in [-0.39, 0.29) is 11.5 Å². The van der Waals surface area contributed by atoms with Gasteiger partial charge in [0, 0.05) is 11.8 Å². The Morgan fingerprint density at radius 1 is 1.07 bits per heavy atom. The van der Waals surface area contributed by atoms with Gasteiger partial charge in [0.05, 0.1) is 25.8 Å². The fraction of sp³-hybridized carbons (Fsp3) is 0.182. The largest absolute Gasteiger partial charge is 0.493 e. The summed E-state index contributed by atoms with van der Waals surface area (Å²) in [5, 5.41) is 0. The van der Waals surface area contributed by atoms with E-state index in [9.17, 15) is 9.18 Å². The minimum atomic E-state index is -0.298. The lowest BCUT2D eigenvalue weighted by molar-refractivity contribution is 0.310. The molecule has 2 aromatic carbocycles. The highest BCUT2D eigenvalue weighted by atomic mass is 19.1. The molecule has 0 aliphatic carbocycles. The van der Waals surface area contributed by atoms with Crippen molar-refractivity contribution in [2.75, 3.05) is 13.7 Å². The molecular weight excluding hydrogens is 373 g/mol. The van der Waals surface area contributed by atoms with Gasteiger partial charge >= 0.3 is 5.69 Å². The number of imidazole rings is 1. The zero-order chi connectivity index (χ0) is 20.4. The number of methoxy groups -OCH3 is 1. The lowest BCUT2D eigenvalue weighted by Gasteiger charge is -2.11. The molecule has 0 fully saturated rings. The molecule has 4 rings (SSSR count). The van der Waals surface area contributed by atoms with Crippen LogP contribution in [0.5, 0.6) is 11.5 Å². The van der Waals surface area contributed by atoms with Crippen molar-refractivity contribution < 1.29 is 13.9 Å². The first-order valence-electron chi connectivity index (χ1n) is 9.23. The molecule has 0 unspecified atom stereocenters. The summed E-state index contributed by atoms with van der Waals surface area (Å²) in [5.41, 5.74) is 3.43. The van der Waals surface area contributed by atoms with Gasteiger partial charge in [0.15, 0.2) is 17.1 Å². The summed E-state index contributed by atoms with van der Waals surface area (Å²) in [7, 11) is 1.59. The van der Waals surface area contributed by atoms with Gasteiger partial charge in [-0.25, -0.2) is 14.2 Å². The number of benzene rings is 2. The third-order valence-electron chi connectivity index (χ3n) is 4.66. The topological polar surface area (TPSA) is 69.1 Å². The number of hydrogen-bond acceptors (Lipinski definition) is 4. The Hall–Kier alpha value is -3.61. The summed E-state index contributed by atoms with van der Waals surface area (Å²) < 4.78 is 25.7. The Bertz CT molecular complexity index is 1210. The van der Waals surface area contributed by atoms with Crippen LogP contribution >= 0.6 is 0 Å². The van der Waals surface area contributed by atoms with Crippen LogP contribution in [0, 0.1) is 5.82 Å². The van der Waals surface area contributed by atoms with Gasteiger partial charge in [-0.15, -0.1) is 0 Å². The van der Waals surface area contributed by atoms with Crippen molar-refractivity contribution in [2.24, 2.45) is 0 Å². The molecule has 6 nitrogen and oxygen atoms in total. The first kappa shape index (κ1) is 18.7. The van der Waals surface area contributed by atoms with E-state index in [1.807, 2.05) is 31.2 Å². The van der Waals surface area contributed by atoms with Gasteiger partial charge in [-0.05, 0) is 48.4 Å². The Morgan fingerprint density at radius 2 is 1.86 bits per heavy atom. The summed E-state index contributed by atoms with van der Waals surface area (Å²) in [4.78, 5) is 19.8. The van der Waals surface area contributed by atoms with E-state index in [1.165, 1.54) is 12.1 Å². The number of fused-ring (bicyclic) bond motifs is 1. The van der Waals surface area contributed by atoms with E-state index in [4.69, 9.17) is 9.47 Å². The zero-order valence-electron chi connectivity index (χ0n) is 16.1. The Kier molecular flexibility index (Phi) is 5.03. The van der Waals surface area contributed by atoms with Crippen LogP contribution in [0.2, 0.25) is 0 Å². The van der Waals surface area contributed by atoms with Gasteiger partial charge in [-0.3, -0.25) is 4.57 Å². The molecule has 2 heterocycles. The fourth-order valence-electron chi connectivity index (χ4n) is 3.26. The highest BCUT2D eigenvalue weighted by Crippen LogP contribution is 2.28. The molecule has 0 amide bonds. The van der Waals surface area contributed by atoms with E-state index < -0.39 is 0 Å². The van der Waals surface area contributed by atoms with Crippen LogP contribution in [0.25, 0.3) is 22.3 Å². The first-order chi connectivity index (χ1) is 14.1. The average molecular weight is 393 g/mol. The Balaban J connectivity index is 1.70. The molecule has 1 N–H and O–H groups in total. The standard InChI is InChI=1S/C22H20FN3O3/c1-3-29-20-10-14(4-9-19(20)28-2)13-26-21-18(25-22(26)27)11-16(12-24-21)15-5-7-17(23)8-6-15/h4-12H,3,13H2,1-2H3,(H,25,27). The van der Waals surface area contributed by atoms with Crippen molar-refractivity contribution in [1.82, 2.24) is 14.5 Å². The van der Waals surface area contributed by atoms with Crippen molar-refractivity contribution in [3.8, 4) is 22.6 Å². The number of nitrogens with one attached hydrogen (secondary N) is 1. The number of aromatic amines is 1. The van der Waals surface area contributed by atoms with Crippen LogP contribution in [0.1, 0.15) is 12.5 Å². The maximum absolute atomic E-state index is 13.2. The minimum absolute atomic E-state index is 0.252. The average Bonchev–Trinajstić information content (AvgIpc) is 3.03. The molecule has 0 atom stereocenters. The predicted octanol–water partition coefficient (Wildman–Crippen LogP) is 3.99. The molecule has 0 bridgehead atoms. The number of H-pyrrole nitrogens is 1. The molecular formula is C22H20FN3O3. The number of aromatic nitrogens is 3. The Labute approximate surface area is 166 Å². The van der Waals surface area contributed by atoms with Gasteiger partial charge < -0.3 is 14.5 Å². The van der Waals surface area contributed by atoms with E-state index in [1.54, 1.807) is 30.0 Å². The second-order valence-electron chi connectivity index (χ2n) is 6.54. The van der Waals surface area contributed by atoms with Gasteiger partial charge in [-0.2, -0.15) is 0 Å². The summed E-state index contributed by atoms with van der Waals surface area (Å²) >= 11 is 0. The molecule has 0 spiro atoms. The summed E-state index contributed by atoms with van der Waals surface area (Å²) in [6.45, 7) is 2.76. The van der Waals surface area contributed by atoms with Crippen LogP contribution in [0.3, 0.4) is 0 Å². The van der Waals surface area contributed by atoms with E-state index in [2.05, 4.69) is 9.97 Å². The van der Waals surface area contributed by atoms with Crippen LogP contribution in [-0.4, -0.2) is 28.3 Å². The van der Waals surface area contributed by atoms with Crippen molar-refractivity contribution >= 4 is 11.2 Å². The van der Waals surface area contributed by atoms with Crippen molar-refractivity contribution in [3.05, 3.63) is 76.6 Å². The number of rotatable bonds is 6. The SMILES string of the molecule is CCOc1cc(Cn2c(=O)[nH]c3cc(-c4ccc(F)cc4)cnc32)ccc1OC. The van der Waals surface area contributed by atoms with E-state index in [0.717, 1.165) is 16.7 Å². The molecule has 29 heavy (non-hydrogen) atoms. The van der Waals surface area contributed by atoms with Gasteiger partial charge in [0.25, 0.3) is 0 Å². The summed E-state index contributed by atoms with van der Waals surface area (Å²) in [6, 6.07) is 13.6. The lowest BCUT2D eigenvalue weighted by atomic mass is 10.1. The van der Waals surface area contributed by atoms with Crippen molar-refractivity contribution in [3.63, 3.8) is 0 Å². The lowest BCUT2D eigenvalue weighted by Crippen LogP contribution is -2.17. The first-order valence-corrected chi connectivity index (χ1v) is 9.23. The normalized spacial score (nSPS) is 11.0. The highest BCUT2D eigenvalue weighted by molar-refractivity contribution is 5.78. The predicted molar refractivity (Wildman–Crippen MR) is 109 cm³/mol. The maximum Gasteiger partial charge on any atom is 0.327 e. The number of pyridine rings is 1. The van der Waals surface area contributed by atoms with Crippen LogP contribution < -0.4 is 15.2 Å². The third-order valence-corrected chi connectivity index (χ3v) is 4.66.